The standard InChI is InChI=1S/C55H98O5/c1-4-7-10-13-16-19-22-25-27-28-29-31-33-36-39-42-45-48-54(56)59-52-53(51-58-50-47-44-41-38-35-32-26-23-20-17-14-11-8-5-2)60-55(57)49-46-43-40-37-34-30-24-21-18-15-12-9-6-3/h12,15-16,19-21,23-25,27,53H,4-11,13-14,17-18,22,26,28-52H2,1-3H3/b15-12-,19-16-,23-20-,24-21-,27-25-. The van der Waals surface area contributed by atoms with Gasteiger partial charge in [0, 0.05) is 19.4 Å². The third-order valence-electron chi connectivity index (χ3n) is 11.0. The van der Waals surface area contributed by atoms with Gasteiger partial charge in [-0.25, -0.2) is 0 Å². The summed E-state index contributed by atoms with van der Waals surface area (Å²) in [5.41, 5.74) is 0. The Morgan fingerprint density at radius 3 is 1.22 bits per heavy atom. The number of ether oxygens (including phenoxy) is 3. The third-order valence-corrected chi connectivity index (χ3v) is 11.0. The fraction of sp³-hybridized carbons (Fsp3) is 0.782. The number of allylic oxidation sites excluding steroid dienone is 10. The Balaban J connectivity index is 4.29. The summed E-state index contributed by atoms with van der Waals surface area (Å²) in [6.07, 6.45) is 63.6. The van der Waals surface area contributed by atoms with Crippen LogP contribution in [0.5, 0.6) is 0 Å². The SMILES string of the molecule is CCC/C=C\C/C=C\CCCCCCCC(=O)OC(COCCCCCCCC/C=C\CCCCCC)COC(=O)CCCCCCCCC/C=C\C/C=C\CCCCC. The maximum Gasteiger partial charge on any atom is 0.306 e. The van der Waals surface area contributed by atoms with Gasteiger partial charge in [-0.3, -0.25) is 9.59 Å². The Bertz CT molecular complexity index is 1040. The molecule has 5 heteroatoms. The zero-order valence-corrected chi connectivity index (χ0v) is 40.0. The van der Waals surface area contributed by atoms with Crippen molar-refractivity contribution >= 4 is 11.9 Å². The Morgan fingerprint density at radius 1 is 0.367 bits per heavy atom. The summed E-state index contributed by atoms with van der Waals surface area (Å²) in [5.74, 6) is -0.421. The molecular weight excluding hydrogens is 741 g/mol. The molecule has 60 heavy (non-hydrogen) atoms. The van der Waals surface area contributed by atoms with Crippen molar-refractivity contribution in [3.8, 4) is 0 Å². The average molecular weight is 839 g/mol. The fourth-order valence-electron chi connectivity index (χ4n) is 7.10. The van der Waals surface area contributed by atoms with E-state index in [4.69, 9.17) is 14.2 Å². The molecule has 0 fully saturated rings. The molecule has 0 rings (SSSR count). The highest BCUT2D eigenvalue weighted by molar-refractivity contribution is 5.70. The number of carbonyl (C=O) groups is 2. The lowest BCUT2D eigenvalue weighted by Crippen LogP contribution is -2.30. The molecule has 0 N–H and O–H groups in total. The molecule has 0 aromatic rings. The molecule has 0 aliphatic carbocycles. The summed E-state index contributed by atoms with van der Waals surface area (Å²) in [7, 11) is 0. The highest BCUT2D eigenvalue weighted by atomic mass is 16.6. The predicted octanol–water partition coefficient (Wildman–Crippen LogP) is 17.3. The zero-order valence-electron chi connectivity index (χ0n) is 40.0. The fourth-order valence-corrected chi connectivity index (χ4v) is 7.10. The number of esters is 2. The van der Waals surface area contributed by atoms with Crippen LogP contribution in [0.4, 0.5) is 0 Å². The van der Waals surface area contributed by atoms with Crippen LogP contribution in [0.15, 0.2) is 60.8 Å². The van der Waals surface area contributed by atoms with E-state index >= 15 is 0 Å². The van der Waals surface area contributed by atoms with Crippen LogP contribution in [0.25, 0.3) is 0 Å². The summed E-state index contributed by atoms with van der Waals surface area (Å²) in [5, 5.41) is 0. The topological polar surface area (TPSA) is 61.8 Å². The first-order chi connectivity index (χ1) is 29.6. The number of carbonyl (C=O) groups excluding carboxylic acids is 2. The van der Waals surface area contributed by atoms with Crippen molar-refractivity contribution in [2.75, 3.05) is 19.8 Å². The number of hydrogen-bond donors (Lipinski definition) is 0. The van der Waals surface area contributed by atoms with Crippen LogP contribution in [-0.4, -0.2) is 37.9 Å². The largest absolute Gasteiger partial charge is 0.462 e. The normalized spacial score (nSPS) is 12.7. The van der Waals surface area contributed by atoms with E-state index in [0.29, 0.717) is 19.4 Å². The molecule has 0 aliphatic rings. The van der Waals surface area contributed by atoms with Gasteiger partial charge >= 0.3 is 11.9 Å². The van der Waals surface area contributed by atoms with E-state index in [-0.39, 0.29) is 25.2 Å². The van der Waals surface area contributed by atoms with Crippen LogP contribution in [0, 0.1) is 0 Å². The number of unbranched alkanes of at least 4 members (excludes halogenated alkanes) is 26. The molecular formula is C55H98O5. The van der Waals surface area contributed by atoms with E-state index < -0.39 is 6.10 Å². The molecule has 0 aliphatic heterocycles. The molecule has 0 amide bonds. The molecule has 1 unspecified atom stereocenters. The van der Waals surface area contributed by atoms with Gasteiger partial charge in [-0.05, 0) is 103 Å². The van der Waals surface area contributed by atoms with Gasteiger partial charge in [-0.15, -0.1) is 0 Å². The van der Waals surface area contributed by atoms with E-state index in [1.165, 1.54) is 148 Å². The Kier molecular flexibility index (Phi) is 48.9. The second-order valence-electron chi connectivity index (χ2n) is 17.1. The first-order valence-corrected chi connectivity index (χ1v) is 25.8. The molecule has 0 saturated heterocycles. The van der Waals surface area contributed by atoms with E-state index in [0.717, 1.165) is 70.6 Å². The molecule has 0 spiro atoms. The summed E-state index contributed by atoms with van der Waals surface area (Å²) >= 11 is 0. The van der Waals surface area contributed by atoms with Crippen LogP contribution in [-0.2, 0) is 23.8 Å². The second kappa shape index (κ2) is 51.0. The van der Waals surface area contributed by atoms with Gasteiger partial charge in [0.1, 0.15) is 6.61 Å². The summed E-state index contributed by atoms with van der Waals surface area (Å²) in [4.78, 5) is 25.4. The van der Waals surface area contributed by atoms with Gasteiger partial charge in [0.15, 0.2) is 6.10 Å². The highest BCUT2D eigenvalue weighted by Crippen LogP contribution is 2.14. The Hall–Kier alpha value is -2.40. The monoisotopic (exact) mass is 839 g/mol. The molecule has 0 radical (unpaired) electrons. The minimum absolute atomic E-state index is 0.0728. The van der Waals surface area contributed by atoms with Crippen LogP contribution in [0.2, 0.25) is 0 Å². The van der Waals surface area contributed by atoms with Crippen LogP contribution in [0.3, 0.4) is 0 Å². The molecule has 1 atom stereocenters. The minimum Gasteiger partial charge on any atom is -0.462 e. The maximum atomic E-state index is 12.8. The van der Waals surface area contributed by atoms with Gasteiger partial charge < -0.3 is 14.2 Å². The lowest BCUT2D eigenvalue weighted by molar-refractivity contribution is -0.163. The third kappa shape index (κ3) is 48.3. The maximum absolute atomic E-state index is 12.8. The van der Waals surface area contributed by atoms with Crippen molar-refractivity contribution in [3.63, 3.8) is 0 Å². The molecule has 0 aromatic heterocycles. The smallest absolute Gasteiger partial charge is 0.306 e. The predicted molar refractivity (Wildman–Crippen MR) is 261 cm³/mol. The Labute approximate surface area is 373 Å². The van der Waals surface area contributed by atoms with Crippen molar-refractivity contribution in [2.45, 2.75) is 258 Å². The highest BCUT2D eigenvalue weighted by Gasteiger charge is 2.17. The summed E-state index contributed by atoms with van der Waals surface area (Å²) < 4.78 is 17.4. The van der Waals surface area contributed by atoms with Gasteiger partial charge in [-0.1, -0.05) is 197 Å². The minimum atomic E-state index is -0.549. The Morgan fingerprint density at radius 2 is 0.733 bits per heavy atom. The van der Waals surface area contributed by atoms with Crippen molar-refractivity contribution in [3.05, 3.63) is 60.8 Å². The molecule has 5 nitrogen and oxygen atoms in total. The molecule has 0 saturated carbocycles. The number of rotatable bonds is 47. The first kappa shape index (κ1) is 57.6. The van der Waals surface area contributed by atoms with Crippen molar-refractivity contribution in [2.24, 2.45) is 0 Å². The average Bonchev–Trinajstić information content (AvgIpc) is 3.25. The van der Waals surface area contributed by atoms with E-state index in [1.807, 2.05) is 0 Å². The van der Waals surface area contributed by atoms with Gasteiger partial charge in [-0.2, -0.15) is 0 Å². The summed E-state index contributed by atoms with van der Waals surface area (Å²) in [6, 6.07) is 0. The van der Waals surface area contributed by atoms with Gasteiger partial charge in [0.2, 0.25) is 0 Å². The second-order valence-corrected chi connectivity index (χ2v) is 17.1. The van der Waals surface area contributed by atoms with Crippen molar-refractivity contribution < 1.29 is 23.8 Å². The van der Waals surface area contributed by atoms with Crippen LogP contribution >= 0.6 is 0 Å². The van der Waals surface area contributed by atoms with E-state index in [9.17, 15) is 9.59 Å². The van der Waals surface area contributed by atoms with Crippen molar-refractivity contribution in [1.29, 1.82) is 0 Å². The molecule has 0 bridgehead atoms. The molecule has 348 valence electrons. The van der Waals surface area contributed by atoms with Gasteiger partial charge in [0.05, 0.1) is 6.61 Å². The van der Waals surface area contributed by atoms with Crippen LogP contribution < -0.4 is 0 Å². The lowest BCUT2D eigenvalue weighted by Gasteiger charge is -2.18. The van der Waals surface area contributed by atoms with E-state index in [1.54, 1.807) is 0 Å². The van der Waals surface area contributed by atoms with Crippen molar-refractivity contribution in [1.82, 2.24) is 0 Å². The van der Waals surface area contributed by atoms with E-state index in [2.05, 4.69) is 81.5 Å². The first-order valence-electron chi connectivity index (χ1n) is 25.8. The van der Waals surface area contributed by atoms with Gasteiger partial charge in [0.25, 0.3) is 0 Å². The number of hydrogen-bond acceptors (Lipinski definition) is 5. The molecule has 0 heterocycles. The lowest BCUT2D eigenvalue weighted by atomic mass is 10.1. The van der Waals surface area contributed by atoms with Crippen LogP contribution in [0.1, 0.15) is 252 Å². The zero-order chi connectivity index (χ0) is 43.5. The summed E-state index contributed by atoms with van der Waals surface area (Å²) in [6.45, 7) is 7.71. The quantitative estimate of drug-likeness (QED) is 0.0347. The molecule has 0 aromatic carbocycles.